The van der Waals surface area contributed by atoms with Gasteiger partial charge in [0.1, 0.15) is 0 Å². The van der Waals surface area contributed by atoms with Gasteiger partial charge < -0.3 is 24.3 Å². The number of nitrogens with zero attached hydrogens (tertiary/aromatic N) is 1. The fraction of sp³-hybridized carbons (Fsp3) is 0.632. The van der Waals surface area contributed by atoms with E-state index >= 15 is 0 Å². The van der Waals surface area contributed by atoms with Crippen LogP contribution < -0.4 is 0 Å². The second kappa shape index (κ2) is 10.1. The van der Waals surface area contributed by atoms with Crippen LogP contribution >= 0.6 is 0 Å². The largest absolute Gasteiger partial charge is 4.00 e. The minimum Gasteiger partial charge on any atom is -0.637 e. The molecule has 0 saturated heterocycles. The predicted octanol–water partition coefficient (Wildman–Crippen LogP) is 6.06. The molecule has 1 aliphatic rings. The van der Waals surface area contributed by atoms with Gasteiger partial charge in [0.15, 0.2) is 0 Å². The van der Waals surface area contributed by atoms with Crippen LogP contribution in [0, 0.1) is 44.1 Å². The first kappa shape index (κ1) is 28.6. The zero-order valence-corrected chi connectivity index (χ0v) is 20.0. The van der Waals surface area contributed by atoms with Crippen LogP contribution in [0.5, 0.6) is 0 Å². The van der Waals surface area contributed by atoms with Crippen molar-refractivity contribution in [3.63, 3.8) is 0 Å². The van der Waals surface area contributed by atoms with Gasteiger partial charge in [-0.1, -0.05) is 55.0 Å². The minimum atomic E-state index is -2.30. The Morgan fingerprint density at radius 1 is 0.870 bits per heavy atom. The van der Waals surface area contributed by atoms with Gasteiger partial charge in [-0.25, -0.2) is 0 Å². The summed E-state index contributed by atoms with van der Waals surface area (Å²) in [6.45, 7) is 21.8. The first-order chi connectivity index (χ1) is 8.89. The second-order valence-corrected chi connectivity index (χ2v) is 10.2. The summed E-state index contributed by atoms with van der Waals surface area (Å²) < 4.78 is 6.40. The molecule has 0 amide bonds. The fourth-order valence-electron chi connectivity index (χ4n) is 3.15. The van der Waals surface area contributed by atoms with Crippen molar-refractivity contribution in [3.05, 3.63) is 49.0 Å². The van der Waals surface area contributed by atoms with E-state index in [-0.39, 0.29) is 48.2 Å². The van der Waals surface area contributed by atoms with Crippen molar-refractivity contribution in [1.82, 2.24) is 0 Å². The maximum absolute atomic E-state index is 6.40. The molecular formula is C19H37NOSiTi+. The van der Waals surface area contributed by atoms with Crippen molar-refractivity contribution in [2.45, 2.75) is 80.5 Å². The van der Waals surface area contributed by atoms with Crippen LogP contribution in [-0.2, 0) is 26.1 Å². The zero-order valence-electron chi connectivity index (χ0n) is 17.4. The van der Waals surface area contributed by atoms with Gasteiger partial charge in [0.25, 0.3) is 0 Å². The molecule has 131 valence electrons. The van der Waals surface area contributed by atoms with Crippen LogP contribution in [0.25, 0.3) is 4.98 Å². The van der Waals surface area contributed by atoms with Crippen LogP contribution in [0.4, 0.5) is 0 Å². The smallest absolute Gasteiger partial charge is 0.637 e. The van der Waals surface area contributed by atoms with Crippen molar-refractivity contribution in [2.75, 3.05) is 0 Å². The molecular weight excluding hydrogens is 334 g/mol. The van der Waals surface area contributed by atoms with E-state index in [9.17, 15) is 0 Å². The van der Waals surface area contributed by atoms with E-state index in [1.807, 2.05) is 0 Å². The van der Waals surface area contributed by atoms with Crippen molar-refractivity contribution < 1.29 is 26.1 Å². The van der Waals surface area contributed by atoms with Crippen molar-refractivity contribution in [1.29, 1.82) is 0 Å². The molecule has 1 aliphatic carbocycles. The van der Waals surface area contributed by atoms with Crippen molar-refractivity contribution in [3.8, 4) is 0 Å². The molecule has 1 rings (SSSR count). The van der Waals surface area contributed by atoms with Crippen LogP contribution in [0.15, 0.2) is 0 Å². The SMILES string of the molecule is C[C]1[C](C)[C](C)[C]([Si](C)([N-]C(C)(C)C)OC(C)C)[C]1C.[CH3-].[CH3-].[Ti+4]. The summed E-state index contributed by atoms with van der Waals surface area (Å²) >= 11 is 0. The van der Waals surface area contributed by atoms with E-state index in [2.05, 4.69) is 68.9 Å². The van der Waals surface area contributed by atoms with Crippen molar-refractivity contribution in [2.24, 2.45) is 0 Å². The van der Waals surface area contributed by atoms with Gasteiger partial charge in [0.05, 0.1) is 8.48 Å². The Kier molecular flexibility index (Phi) is 12.6. The average molecular weight is 371 g/mol. The standard InChI is InChI=1S/C17H31NOSi.2CH3.Ti/c1-11(2)19-20(10,18-17(7,8)9)16-14(5)12(3)13(4)15(16)6;;;/h11H,1-10H3;2*1H3;/q3*-1;+4. The Balaban J connectivity index is -0.00000133. The predicted molar refractivity (Wildman–Crippen MR) is 103 cm³/mol. The summed E-state index contributed by atoms with van der Waals surface area (Å²) in [6, 6.07) is 0. The normalized spacial score (nSPS) is 21.5. The summed E-state index contributed by atoms with van der Waals surface area (Å²) in [7, 11) is -2.30. The number of hydrogen-bond acceptors (Lipinski definition) is 1. The first-order valence-electron chi connectivity index (χ1n) is 7.54. The van der Waals surface area contributed by atoms with E-state index in [1.54, 1.807) is 0 Å². The third-order valence-corrected chi connectivity index (χ3v) is 7.62. The van der Waals surface area contributed by atoms with Gasteiger partial charge in [-0.05, 0) is 43.1 Å². The number of hydrogen-bond donors (Lipinski definition) is 0. The average Bonchev–Trinajstić information content (AvgIpc) is 2.39. The zero-order chi connectivity index (χ0) is 15.9. The van der Waals surface area contributed by atoms with Gasteiger partial charge in [0, 0.05) is 6.10 Å². The van der Waals surface area contributed by atoms with Crippen LogP contribution in [0.3, 0.4) is 0 Å². The van der Waals surface area contributed by atoms with E-state index in [4.69, 9.17) is 9.41 Å². The molecule has 0 bridgehead atoms. The third kappa shape index (κ3) is 6.93. The molecule has 1 unspecified atom stereocenters. The molecule has 0 heterocycles. The van der Waals surface area contributed by atoms with Crippen molar-refractivity contribution >= 4 is 8.48 Å². The van der Waals surface area contributed by atoms with Gasteiger partial charge in [0.2, 0.25) is 0 Å². The Bertz CT molecular complexity index is 318. The topological polar surface area (TPSA) is 23.3 Å². The van der Waals surface area contributed by atoms with E-state index in [0.717, 1.165) is 0 Å². The molecule has 5 radical (unpaired) electrons. The van der Waals surface area contributed by atoms with Gasteiger partial charge in [-0.15, -0.1) is 5.54 Å². The van der Waals surface area contributed by atoms with Crippen LogP contribution in [0.1, 0.15) is 62.3 Å². The van der Waals surface area contributed by atoms with Crippen LogP contribution in [-0.4, -0.2) is 20.1 Å². The van der Waals surface area contributed by atoms with Gasteiger partial charge in [-0.3, -0.25) is 0 Å². The molecule has 0 spiro atoms. The third-order valence-electron chi connectivity index (χ3n) is 3.92. The molecule has 4 heteroatoms. The Morgan fingerprint density at radius 2 is 1.22 bits per heavy atom. The summed E-state index contributed by atoms with van der Waals surface area (Å²) in [6.07, 6.45) is 0.201. The molecule has 1 fully saturated rings. The molecule has 0 aromatic rings. The Hall–Kier alpha value is 0.851. The summed E-state index contributed by atoms with van der Waals surface area (Å²) in [5, 5.41) is 0. The summed E-state index contributed by atoms with van der Waals surface area (Å²) in [5.41, 5.74) is 1.31. The summed E-state index contributed by atoms with van der Waals surface area (Å²) in [5.74, 6) is 5.55. The molecule has 0 aromatic heterocycles. The Labute approximate surface area is 164 Å². The first-order valence-corrected chi connectivity index (χ1v) is 9.90. The molecule has 1 saturated carbocycles. The second-order valence-electron chi connectivity index (χ2n) is 7.31. The van der Waals surface area contributed by atoms with E-state index in [1.165, 1.54) is 29.2 Å². The molecule has 1 atom stereocenters. The monoisotopic (exact) mass is 371 g/mol. The van der Waals surface area contributed by atoms with Crippen LogP contribution in [0.2, 0.25) is 6.55 Å². The molecule has 2 nitrogen and oxygen atoms in total. The van der Waals surface area contributed by atoms with Gasteiger partial charge in [-0.2, -0.15) is 0 Å². The molecule has 0 aliphatic heterocycles. The van der Waals surface area contributed by atoms with Gasteiger partial charge >= 0.3 is 21.7 Å². The molecule has 0 aromatic carbocycles. The summed E-state index contributed by atoms with van der Waals surface area (Å²) in [4.78, 5) is 5.14. The molecule has 0 N–H and O–H groups in total. The van der Waals surface area contributed by atoms with E-state index in [0.29, 0.717) is 0 Å². The Morgan fingerprint density at radius 3 is 1.48 bits per heavy atom. The number of rotatable bonds is 4. The fourth-order valence-corrected chi connectivity index (χ4v) is 7.40. The minimum absolute atomic E-state index is 0. The van der Waals surface area contributed by atoms with E-state index < -0.39 is 8.48 Å². The molecule has 23 heavy (non-hydrogen) atoms. The quantitative estimate of drug-likeness (QED) is 0.435. The maximum Gasteiger partial charge on any atom is 4.00 e. The maximum atomic E-state index is 6.40.